The van der Waals surface area contributed by atoms with Gasteiger partial charge < -0.3 is 15.6 Å². The minimum Gasteiger partial charge on any atom is -0.358 e. The Labute approximate surface area is 142 Å². The number of aromatic amines is 1. The SMILES string of the molecule is Cc1cc(CNC2=NCCCN2)c2[nH]c(C)c(C)c2c1.I. The zero-order chi connectivity index (χ0) is 14.1. The van der Waals surface area contributed by atoms with Gasteiger partial charge in [-0.15, -0.1) is 24.0 Å². The van der Waals surface area contributed by atoms with Crippen molar-refractivity contribution in [1.29, 1.82) is 0 Å². The highest BCUT2D eigenvalue weighted by atomic mass is 127. The van der Waals surface area contributed by atoms with Gasteiger partial charge in [-0.2, -0.15) is 0 Å². The molecule has 2 heterocycles. The number of aryl methyl sites for hydroxylation is 3. The molecule has 0 saturated heterocycles. The second-order valence-corrected chi connectivity index (χ2v) is 5.59. The van der Waals surface area contributed by atoms with E-state index in [0.717, 1.165) is 32.0 Å². The van der Waals surface area contributed by atoms with E-state index < -0.39 is 0 Å². The maximum absolute atomic E-state index is 4.45. The Bertz CT molecular complexity index is 672. The first-order valence-electron chi connectivity index (χ1n) is 7.26. The summed E-state index contributed by atoms with van der Waals surface area (Å²) < 4.78 is 0. The van der Waals surface area contributed by atoms with E-state index in [1.807, 2.05) is 0 Å². The first kappa shape index (κ1) is 16.1. The summed E-state index contributed by atoms with van der Waals surface area (Å²) in [7, 11) is 0. The summed E-state index contributed by atoms with van der Waals surface area (Å²) in [6.45, 7) is 9.19. The van der Waals surface area contributed by atoms with Crippen molar-refractivity contribution in [3.63, 3.8) is 0 Å². The molecule has 4 nitrogen and oxygen atoms in total. The van der Waals surface area contributed by atoms with Crippen LogP contribution in [-0.4, -0.2) is 24.0 Å². The summed E-state index contributed by atoms with van der Waals surface area (Å²) in [5.41, 5.74) is 6.44. The molecular formula is C16H23IN4. The van der Waals surface area contributed by atoms with Crippen molar-refractivity contribution < 1.29 is 0 Å². The molecule has 2 aromatic rings. The molecule has 0 bridgehead atoms. The van der Waals surface area contributed by atoms with Crippen molar-refractivity contribution >= 4 is 40.8 Å². The van der Waals surface area contributed by atoms with Gasteiger partial charge in [-0.3, -0.25) is 4.99 Å². The van der Waals surface area contributed by atoms with E-state index in [1.54, 1.807) is 0 Å². The van der Waals surface area contributed by atoms with Crippen LogP contribution in [0.4, 0.5) is 0 Å². The number of aromatic nitrogens is 1. The maximum atomic E-state index is 4.45. The summed E-state index contributed by atoms with van der Waals surface area (Å²) in [5.74, 6) is 0.922. The van der Waals surface area contributed by atoms with Crippen LogP contribution in [0, 0.1) is 20.8 Å². The van der Waals surface area contributed by atoms with Crippen LogP contribution in [0.3, 0.4) is 0 Å². The lowest BCUT2D eigenvalue weighted by atomic mass is 10.0. The van der Waals surface area contributed by atoms with Crippen molar-refractivity contribution in [3.8, 4) is 0 Å². The fourth-order valence-electron chi connectivity index (χ4n) is 2.76. The van der Waals surface area contributed by atoms with Crippen LogP contribution in [0.25, 0.3) is 10.9 Å². The number of aliphatic imine (C=N–C) groups is 1. The predicted molar refractivity (Wildman–Crippen MR) is 99.7 cm³/mol. The van der Waals surface area contributed by atoms with Gasteiger partial charge in [0.15, 0.2) is 5.96 Å². The van der Waals surface area contributed by atoms with Gasteiger partial charge in [0.25, 0.3) is 0 Å². The maximum Gasteiger partial charge on any atom is 0.191 e. The molecule has 21 heavy (non-hydrogen) atoms. The zero-order valence-electron chi connectivity index (χ0n) is 12.8. The van der Waals surface area contributed by atoms with E-state index in [2.05, 4.69) is 53.5 Å². The molecule has 3 rings (SSSR count). The fourth-order valence-corrected chi connectivity index (χ4v) is 2.76. The predicted octanol–water partition coefficient (Wildman–Crippen LogP) is 3.15. The third-order valence-electron chi connectivity index (χ3n) is 3.99. The van der Waals surface area contributed by atoms with Crippen molar-refractivity contribution in [1.82, 2.24) is 15.6 Å². The summed E-state index contributed by atoms with van der Waals surface area (Å²) in [5, 5.41) is 8.03. The number of halogens is 1. The van der Waals surface area contributed by atoms with Gasteiger partial charge in [0.2, 0.25) is 0 Å². The average molecular weight is 398 g/mol. The molecule has 0 atom stereocenters. The number of rotatable bonds is 2. The first-order chi connectivity index (χ1) is 9.65. The van der Waals surface area contributed by atoms with Crippen LogP contribution in [0.5, 0.6) is 0 Å². The molecule has 0 radical (unpaired) electrons. The minimum atomic E-state index is 0. The highest BCUT2D eigenvalue weighted by molar-refractivity contribution is 14.0. The minimum absolute atomic E-state index is 0. The Kier molecular flexibility index (Phi) is 5.13. The van der Waals surface area contributed by atoms with Crippen molar-refractivity contribution in [2.45, 2.75) is 33.7 Å². The van der Waals surface area contributed by atoms with E-state index >= 15 is 0 Å². The van der Waals surface area contributed by atoms with E-state index in [1.165, 1.54) is 33.3 Å². The van der Waals surface area contributed by atoms with Gasteiger partial charge in [-0.05, 0) is 44.4 Å². The molecule has 0 saturated carbocycles. The third-order valence-corrected chi connectivity index (χ3v) is 3.99. The average Bonchev–Trinajstić information content (AvgIpc) is 2.74. The standard InChI is InChI=1S/C16H22N4.HI/c1-10-7-13(9-19-16-17-5-4-6-18-16)15-14(8-10)11(2)12(3)20-15;/h7-8,20H,4-6,9H2,1-3H3,(H2,17,18,19);1H. The second kappa shape index (κ2) is 6.68. The Balaban J connectivity index is 0.00000161. The fraction of sp³-hybridized carbons (Fsp3) is 0.438. The van der Waals surface area contributed by atoms with Crippen LogP contribution in [-0.2, 0) is 6.54 Å². The molecule has 5 heteroatoms. The molecule has 1 aromatic carbocycles. The van der Waals surface area contributed by atoms with Crippen molar-refractivity contribution in [2.24, 2.45) is 4.99 Å². The van der Waals surface area contributed by atoms with Crippen molar-refractivity contribution in [2.75, 3.05) is 13.1 Å². The molecule has 114 valence electrons. The molecule has 1 aromatic heterocycles. The monoisotopic (exact) mass is 398 g/mol. The van der Waals surface area contributed by atoms with Gasteiger partial charge in [0.1, 0.15) is 0 Å². The number of hydrogen-bond donors (Lipinski definition) is 3. The Morgan fingerprint density at radius 3 is 2.76 bits per heavy atom. The molecule has 3 N–H and O–H groups in total. The number of benzene rings is 1. The molecular weight excluding hydrogens is 375 g/mol. The second-order valence-electron chi connectivity index (χ2n) is 5.59. The smallest absolute Gasteiger partial charge is 0.191 e. The molecule has 1 aliphatic heterocycles. The lowest BCUT2D eigenvalue weighted by Crippen LogP contribution is -2.40. The number of fused-ring (bicyclic) bond motifs is 1. The molecule has 0 spiro atoms. The van der Waals surface area contributed by atoms with E-state index in [0.29, 0.717) is 0 Å². The van der Waals surface area contributed by atoms with Gasteiger partial charge in [-0.1, -0.05) is 11.6 Å². The van der Waals surface area contributed by atoms with Gasteiger partial charge in [0, 0.05) is 30.7 Å². The normalized spacial score (nSPS) is 14.3. The molecule has 0 fully saturated rings. The molecule has 0 aliphatic carbocycles. The van der Waals surface area contributed by atoms with E-state index in [9.17, 15) is 0 Å². The van der Waals surface area contributed by atoms with Crippen LogP contribution >= 0.6 is 24.0 Å². The summed E-state index contributed by atoms with van der Waals surface area (Å²) in [6, 6.07) is 4.50. The number of hydrogen-bond acceptors (Lipinski definition) is 3. The van der Waals surface area contributed by atoms with Crippen LogP contribution in [0.15, 0.2) is 17.1 Å². The molecule has 1 aliphatic rings. The van der Waals surface area contributed by atoms with Gasteiger partial charge in [0.05, 0.1) is 5.52 Å². The summed E-state index contributed by atoms with van der Waals surface area (Å²) in [4.78, 5) is 7.96. The quantitative estimate of drug-likeness (QED) is 0.681. The molecule has 0 amide bonds. The highest BCUT2D eigenvalue weighted by Gasteiger charge is 2.10. The summed E-state index contributed by atoms with van der Waals surface area (Å²) >= 11 is 0. The van der Waals surface area contributed by atoms with Crippen molar-refractivity contribution in [3.05, 3.63) is 34.5 Å². The number of guanidine groups is 1. The first-order valence-corrected chi connectivity index (χ1v) is 7.26. The largest absolute Gasteiger partial charge is 0.358 e. The molecule has 0 unspecified atom stereocenters. The van der Waals surface area contributed by atoms with Gasteiger partial charge >= 0.3 is 0 Å². The van der Waals surface area contributed by atoms with E-state index in [4.69, 9.17) is 0 Å². The van der Waals surface area contributed by atoms with Gasteiger partial charge in [-0.25, -0.2) is 0 Å². The number of H-pyrrole nitrogens is 1. The van der Waals surface area contributed by atoms with E-state index in [-0.39, 0.29) is 24.0 Å². The zero-order valence-corrected chi connectivity index (χ0v) is 15.2. The topological polar surface area (TPSA) is 52.2 Å². The highest BCUT2D eigenvalue weighted by Crippen LogP contribution is 2.25. The van der Waals surface area contributed by atoms with Crippen LogP contribution < -0.4 is 10.6 Å². The Morgan fingerprint density at radius 1 is 1.24 bits per heavy atom. The Morgan fingerprint density at radius 2 is 2.05 bits per heavy atom. The lowest BCUT2D eigenvalue weighted by Gasteiger charge is -2.16. The number of nitrogens with one attached hydrogen (secondary N) is 3. The third kappa shape index (κ3) is 3.33. The summed E-state index contributed by atoms with van der Waals surface area (Å²) in [6.07, 6.45) is 1.12. The van der Waals surface area contributed by atoms with Crippen LogP contribution in [0.2, 0.25) is 0 Å². The number of nitrogens with zero attached hydrogens (tertiary/aromatic N) is 1. The lowest BCUT2D eigenvalue weighted by molar-refractivity contribution is 0.702. The Hall–Kier alpha value is -1.24. The van der Waals surface area contributed by atoms with Crippen LogP contribution in [0.1, 0.15) is 28.8 Å².